The fourth-order valence-electron chi connectivity index (χ4n) is 2.73. The summed E-state index contributed by atoms with van der Waals surface area (Å²) in [6.07, 6.45) is 0. The van der Waals surface area contributed by atoms with E-state index in [0.717, 1.165) is 49.9 Å². The molecular weight excluding hydrogens is 316 g/mol. The molecule has 8 heteroatoms. The molecule has 2 N–H and O–H groups in total. The van der Waals surface area contributed by atoms with Crippen molar-refractivity contribution in [1.29, 1.82) is 0 Å². The molecule has 0 spiro atoms. The number of anilines is 1. The van der Waals surface area contributed by atoms with Crippen LogP contribution in [0.3, 0.4) is 0 Å². The Morgan fingerprint density at radius 1 is 1.17 bits per heavy atom. The third-order valence-corrected chi connectivity index (χ3v) is 4.89. The number of hydrogen-bond acceptors (Lipinski definition) is 6. The van der Waals surface area contributed by atoms with Gasteiger partial charge < -0.3 is 9.42 Å². The first-order valence-electron chi connectivity index (χ1n) is 7.44. The number of aryl methyl sites for hydroxylation is 1. The minimum atomic E-state index is -3.63. The molecule has 23 heavy (non-hydrogen) atoms. The molecule has 0 amide bonds. The molecule has 0 radical (unpaired) electrons. The van der Waals surface area contributed by atoms with Crippen molar-refractivity contribution in [2.75, 3.05) is 31.1 Å². The minimum absolute atomic E-state index is 0.140. The van der Waals surface area contributed by atoms with E-state index in [1.165, 1.54) is 0 Å². The third kappa shape index (κ3) is 3.90. The predicted molar refractivity (Wildman–Crippen MR) is 86.5 cm³/mol. The molecule has 0 saturated carbocycles. The van der Waals surface area contributed by atoms with E-state index in [1.807, 2.05) is 13.0 Å². The second kappa shape index (κ2) is 6.31. The van der Waals surface area contributed by atoms with Crippen LogP contribution in [0, 0.1) is 6.92 Å². The molecule has 0 aliphatic carbocycles. The maximum Gasteiger partial charge on any atom is 0.238 e. The van der Waals surface area contributed by atoms with Crippen LogP contribution in [-0.4, -0.2) is 44.7 Å². The molecule has 2 aromatic rings. The standard InChI is InChI=1S/C15H20N4O3S/c1-12-10-13(17-22-12)11-18-6-8-19(9-7-18)14-2-4-15(5-3-14)23(16,20)21/h2-5,10H,6-9,11H2,1H3,(H2,16,20,21). The van der Waals surface area contributed by atoms with Gasteiger partial charge in [-0.05, 0) is 31.2 Å². The van der Waals surface area contributed by atoms with Crippen molar-refractivity contribution in [2.24, 2.45) is 5.14 Å². The molecule has 7 nitrogen and oxygen atoms in total. The van der Waals surface area contributed by atoms with Gasteiger partial charge >= 0.3 is 0 Å². The van der Waals surface area contributed by atoms with Crippen molar-refractivity contribution in [3.8, 4) is 0 Å². The highest BCUT2D eigenvalue weighted by Gasteiger charge is 2.19. The molecule has 0 bridgehead atoms. The van der Waals surface area contributed by atoms with E-state index < -0.39 is 10.0 Å². The van der Waals surface area contributed by atoms with Crippen molar-refractivity contribution < 1.29 is 12.9 Å². The first-order valence-corrected chi connectivity index (χ1v) is 8.99. The topological polar surface area (TPSA) is 92.7 Å². The Balaban J connectivity index is 1.58. The second-order valence-corrected chi connectivity index (χ2v) is 7.29. The summed E-state index contributed by atoms with van der Waals surface area (Å²) in [5, 5.41) is 9.14. The number of hydrogen-bond donors (Lipinski definition) is 1. The Bertz CT molecular complexity index is 762. The summed E-state index contributed by atoms with van der Waals surface area (Å²) >= 11 is 0. The number of aromatic nitrogens is 1. The van der Waals surface area contributed by atoms with Crippen LogP contribution >= 0.6 is 0 Å². The van der Waals surface area contributed by atoms with Crippen LogP contribution in [0.1, 0.15) is 11.5 Å². The van der Waals surface area contributed by atoms with E-state index in [9.17, 15) is 8.42 Å². The van der Waals surface area contributed by atoms with Gasteiger partial charge in [0.25, 0.3) is 0 Å². The molecule has 1 saturated heterocycles. The summed E-state index contributed by atoms with van der Waals surface area (Å²) in [6, 6.07) is 8.66. The first-order chi connectivity index (χ1) is 10.9. The highest BCUT2D eigenvalue weighted by Crippen LogP contribution is 2.19. The highest BCUT2D eigenvalue weighted by atomic mass is 32.2. The Labute approximate surface area is 135 Å². The largest absolute Gasteiger partial charge is 0.369 e. The van der Waals surface area contributed by atoms with E-state index in [0.29, 0.717) is 0 Å². The summed E-state index contributed by atoms with van der Waals surface area (Å²) in [6.45, 7) is 6.28. The summed E-state index contributed by atoms with van der Waals surface area (Å²) < 4.78 is 27.7. The zero-order chi connectivity index (χ0) is 16.4. The Morgan fingerprint density at radius 3 is 2.35 bits per heavy atom. The summed E-state index contributed by atoms with van der Waals surface area (Å²) in [5.74, 6) is 0.827. The summed E-state index contributed by atoms with van der Waals surface area (Å²) in [7, 11) is -3.63. The molecule has 3 rings (SSSR count). The van der Waals surface area contributed by atoms with Crippen LogP contribution in [0.15, 0.2) is 39.8 Å². The summed E-state index contributed by atoms with van der Waals surface area (Å²) in [5.41, 5.74) is 1.96. The van der Waals surface area contributed by atoms with Gasteiger partial charge in [0.05, 0.1) is 10.6 Å². The van der Waals surface area contributed by atoms with E-state index in [4.69, 9.17) is 9.66 Å². The molecule has 1 aromatic heterocycles. The normalized spacial score (nSPS) is 16.7. The molecule has 2 heterocycles. The monoisotopic (exact) mass is 336 g/mol. The van der Waals surface area contributed by atoms with Gasteiger partial charge in [0, 0.05) is 44.5 Å². The van der Waals surface area contributed by atoms with Gasteiger partial charge in [-0.25, -0.2) is 13.6 Å². The van der Waals surface area contributed by atoms with Gasteiger partial charge in [-0.15, -0.1) is 0 Å². The minimum Gasteiger partial charge on any atom is -0.369 e. The van der Waals surface area contributed by atoms with Crippen LogP contribution < -0.4 is 10.0 Å². The van der Waals surface area contributed by atoms with Crippen LogP contribution in [0.2, 0.25) is 0 Å². The van der Waals surface area contributed by atoms with E-state index in [-0.39, 0.29) is 4.90 Å². The van der Waals surface area contributed by atoms with Crippen molar-refractivity contribution in [2.45, 2.75) is 18.4 Å². The molecule has 124 valence electrons. The fraction of sp³-hybridized carbons (Fsp3) is 0.400. The molecular formula is C15H20N4O3S. The SMILES string of the molecule is Cc1cc(CN2CCN(c3ccc(S(N)(=O)=O)cc3)CC2)no1. The molecule has 1 aliphatic heterocycles. The first kappa shape index (κ1) is 16.0. The second-order valence-electron chi connectivity index (χ2n) is 5.73. The molecule has 0 atom stereocenters. The van der Waals surface area contributed by atoms with Gasteiger partial charge in [0.2, 0.25) is 10.0 Å². The van der Waals surface area contributed by atoms with E-state index >= 15 is 0 Å². The van der Waals surface area contributed by atoms with Crippen molar-refractivity contribution >= 4 is 15.7 Å². The number of primary sulfonamides is 1. The van der Waals surface area contributed by atoms with E-state index in [1.54, 1.807) is 24.3 Å². The molecule has 1 fully saturated rings. The lowest BCUT2D eigenvalue weighted by atomic mass is 10.2. The zero-order valence-electron chi connectivity index (χ0n) is 13.0. The van der Waals surface area contributed by atoms with Crippen LogP contribution in [0.5, 0.6) is 0 Å². The average Bonchev–Trinajstić information content (AvgIpc) is 2.92. The Hall–Kier alpha value is -1.90. The van der Waals surface area contributed by atoms with Gasteiger partial charge in [-0.1, -0.05) is 5.16 Å². The Morgan fingerprint density at radius 2 is 1.83 bits per heavy atom. The van der Waals surface area contributed by atoms with Crippen LogP contribution in [0.25, 0.3) is 0 Å². The lowest BCUT2D eigenvalue weighted by Crippen LogP contribution is -2.46. The van der Waals surface area contributed by atoms with Crippen LogP contribution in [-0.2, 0) is 16.6 Å². The quantitative estimate of drug-likeness (QED) is 0.894. The van der Waals surface area contributed by atoms with Gasteiger partial charge in [0.15, 0.2) is 0 Å². The van der Waals surface area contributed by atoms with Crippen LogP contribution in [0.4, 0.5) is 5.69 Å². The zero-order valence-corrected chi connectivity index (χ0v) is 13.8. The lowest BCUT2D eigenvalue weighted by Gasteiger charge is -2.35. The number of piperazine rings is 1. The number of rotatable bonds is 4. The van der Waals surface area contributed by atoms with Crippen molar-refractivity contribution in [1.82, 2.24) is 10.1 Å². The molecule has 1 aliphatic rings. The number of nitrogens with two attached hydrogens (primary N) is 1. The van der Waals surface area contributed by atoms with Gasteiger partial charge in [-0.3, -0.25) is 4.90 Å². The Kier molecular flexibility index (Phi) is 4.38. The average molecular weight is 336 g/mol. The number of nitrogens with zero attached hydrogens (tertiary/aromatic N) is 3. The van der Waals surface area contributed by atoms with Gasteiger partial charge in [0.1, 0.15) is 5.76 Å². The smallest absolute Gasteiger partial charge is 0.238 e. The predicted octanol–water partition coefficient (Wildman–Crippen LogP) is 0.953. The van der Waals surface area contributed by atoms with Crippen molar-refractivity contribution in [3.63, 3.8) is 0 Å². The maximum atomic E-state index is 11.3. The fourth-order valence-corrected chi connectivity index (χ4v) is 3.25. The van der Waals surface area contributed by atoms with Crippen molar-refractivity contribution in [3.05, 3.63) is 41.8 Å². The maximum absolute atomic E-state index is 11.3. The number of sulfonamides is 1. The molecule has 0 unspecified atom stereocenters. The third-order valence-electron chi connectivity index (χ3n) is 3.97. The number of benzene rings is 1. The van der Waals surface area contributed by atoms with Gasteiger partial charge in [-0.2, -0.15) is 0 Å². The summed E-state index contributed by atoms with van der Waals surface area (Å²) in [4.78, 5) is 4.70. The molecule has 1 aromatic carbocycles. The lowest BCUT2D eigenvalue weighted by molar-refractivity contribution is 0.241. The highest BCUT2D eigenvalue weighted by molar-refractivity contribution is 7.89. The van der Waals surface area contributed by atoms with E-state index in [2.05, 4.69) is 15.0 Å².